The third-order valence-electron chi connectivity index (χ3n) is 2.82. The predicted molar refractivity (Wildman–Crippen MR) is 73.4 cm³/mol. The number of hydrogen-bond acceptors (Lipinski definition) is 3. The fourth-order valence-corrected chi connectivity index (χ4v) is 1.87. The Hall–Kier alpha value is -1.84. The first-order valence-electron chi connectivity index (χ1n) is 6.33. The lowest BCUT2D eigenvalue weighted by Crippen LogP contribution is -2.13. The number of nitrogens with one attached hydrogen (secondary N) is 1. The fourth-order valence-electron chi connectivity index (χ4n) is 1.87. The van der Waals surface area contributed by atoms with Crippen LogP contribution in [0.15, 0.2) is 30.6 Å². The summed E-state index contributed by atoms with van der Waals surface area (Å²) in [4.78, 5) is 4.30. The number of rotatable bonds is 5. The van der Waals surface area contributed by atoms with Crippen LogP contribution in [0.4, 0.5) is 5.69 Å². The van der Waals surface area contributed by atoms with Gasteiger partial charge in [-0.05, 0) is 24.5 Å². The average Bonchev–Trinajstić information content (AvgIpc) is 2.75. The maximum absolute atomic E-state index is 4.30. The molecule has 0 radical (unpaired) electrons. The lowest BCUT2D eigenvalue weighted by Gasteiger charge is -2.11. The summed E-state index contributed by atoms with van der Waals surface area (Å²) in [5, 5.41) is 7.66. The Morgan fingerprint density at radius 2 is 2.06 bits per heavy atom. The minimum Gasteiger partial charge on any atom is -0.378 e. The minimum atomic E-state index is 0.573. The first kappa shape index (κ1) is 12.6. The fraction of sp³-hybridized carbons (Fsp3) is 0.429. The van der Waals surface area contributed by atoms with Crippen molar-refractivity contribution in [2.45, 2.75) is 33.9 Å². The summed E-state index contributed by atoms with van der Waals surface area (Å²) < 4.78 is 1.97. The summed E-state index contributed by atoms with van der Waals surface area (Å²) in [6, 6.07) is 8.26. The van der Waals surface area contributed by atoms with E-state index in [4.69, 9.17) is 0 Å². The van der Waals surface area contributed by atoms with Gasteiger partial charge in [0.2, 0.25) is 0 Å². The van der Waals surface area contributed by atoms with Crippen LogP contribution in [0.2, 0.25) is 0 Å². The van der Waals surface area contributed by atoms with Gasteiger partial charge in [-0.1, -0.05) is 32.0 Å². The summed E-state index contributed by atoms with van der Waals surface area (Å²) in [5.74, 6) is 1.55. The van der Waals surface area contributed by atoms with Crippen LogP contribution in [0.25, 0.3) is 0 Å². The second-order valence-electron chi connectivity index (χ2n) is 4.92. The zero-order valence-electron chi connectivity index (χ0n) is 11.2. The van der Waals surface area contributed by atoms with Crippen LogP contribution >= 0.6 is 0 Å². The quantitative estimate of drug-likeness (QED) is 0.879. The number of nitrogens with zero attached hydrogens (tertiary/aromatic N) is 3. The Balaban J connectivity index is 2.02. The van der Waals surface area contributed by atoms with Crippen molar-refractivity contribution in [3.8, 4) is 0 Å². The summed E-state index contributed by atoms with van der Waals surface area (Å²) in [7, 11) is 0. The number of anilines is 1. The van der Waals surface area contributed by atoms with Gasteiger partial charge in [-0.2, -0.15) is 5.10 Å². The van der Waals surface area contributed by atoms with Crippen molar-refractivity contribution >= 4 is 5.69 Å². The molecular formula is C14H20N4. The first-order valence-corrected chi connectivity index (χ1v) is 6.33. The van der Waals surface area contributed by atoms with Gasteiger partial charge < -0.3 is 5.32 Å². The molecule has 4 nitrogen and oxygen atoms in total. The molecule has 0 saturated carbocycles. The number of para-hydroxylation sites is 1. The molecule has 0 aliphatic rings. The van der Waals surface area contributed by atoms with Gasteiger partial charge >= 0.3 is 0 Å². The predicted octanol–water partition coefficient (Wildman–Crippen LogP) is 2.85. The molecule has 0 atom stereocenters. The lowest BCUT2D eigenvalue weighted by atomic mass is 10.2. The summed E-state index contributed by atoms with van der Waals surface area (Å²) in [5.41, 5.74) is 2.39. The Morgan fingerprint density at radius 3 is 2.78 bits per heavy atom. The lowest BCUT2D eigenvalue weighted by molar-refractivity contribution is 0.468. The highest BCUT2D eigenvalue weighted by Crippen LogP contribution is 2.14. The van der Waals surface area contributed by atoms with Gasteiger partial charge in [-0.25, -0.2) is 9.67 Å². The van der Waals surface area contributed by atoms with Crippen LogP contribution in [0.5, 0.6) is 0 Å². The molecule has 18 heavy (non-hydrogen) atoms. The molecule has 2 aromatic rings. The van der Waals surface area contributed by atoms with Crippen molar-refractivity contribution in [2.24, 2.45) is 5.92 Å². The number of hydrogen-bond donors (Lipinski definition) is 1. The number of aromatic nitrogens is 3. The van der Waals surface area contributed by atoms with Gasteiger partial charge in [0.25, 0.3) is 0 Å². The molecule has 96 valence electrons. The topological polar surface area (TPSA) is 42.7 Å². The highest BCUT2D eigenvalue weighted by atomic mass is 15.3. The molecule has 0 bridgehead atoms. The second-order valence-corrected chi connectivity index (χ2v) is 4.92. The van der Waals surface area contributed by atoms with E-state index in [-0.39, 0.29) is 0 Å². The maximum Gasteiger partial charge on any atom is 0.146 e. The van der Waals surface area contributed by atoms with Crippen LogP contribution in [0.3, 0.4) is 0 Å². The number of aryl methyl sites for hydroxylation is 1. The molecule has 2 rings (SSSR count). The summed E-state index contributed by atoms with van der Waals surface area (Å²) in [6.45, 7) is 8.07. The van der Waals surface area contributed by atoms with E-state index < -0.39 is 0 Å². The molecule has 0 spiro atoms. The van der Waals surface area contributed by atoms with E-state index in [0.717, 1.165) is 18.1 Å². The maximum atomic E-state index is 4.30. The highest BCUT2D eigenvalue weighted by Gasteiger charge is 2.06. The van der Waals surface area contributed by atoms with Crippen molar-refractivity contribution in [3.63, 3.8) is 0 Å². The van der Waals surface area contributed by atoms with E-state index in [2.05, 4.69) is 48.3 Å². The van der Waals surface area contributed by atoms with Crippen LogP contribution in [-0.4, -0.2) is 14.8 Å². The van der Waals surface area contributed by atoms with Gasteiger partial charge in [0.15, 0.2) is 0 Å². The Labute approximate surface area is 108 Å². The van der Waals surface area contributed by atoms with Crippen molar-refractivity contribution in [1.82, 2.24) is 14.8 Å². The monoisotopic (exact) mass is 244 g/mol. The standard InChI is InChI=1S/C14H20N4/c1-11(2)9-18-14(16-10-17-18)8-15-13-7-5-4-6-12(13)3/h4-7,10-11,15H,8-9H2,1-3H3. The molecule has 1 N–H and O–H groups in total. The van der Waals surface area contributed by atoms with Gasteiger partial charge in [0.05, 0.1) is 6.54 Å². The third-order valence-corrected chi connectivity index (χ3v) is 2.82. The zero-order chi connectivity index (χ0) is 13.0. The van der Waals surface area contributed by atoms with Gasteiger partial charge in [-0.3, -0.25) is 0 Å². The van der Waals surface area contributed by atoms with E-state index in [1.54, 1.807) is 6.33 Å². The van der Waals surface area contributed by atoms with Crippen LogP contribution in [0.1, 0.15) is 25.2 Å². The van der Waals surface area contributed by atoms with Crippen LogP contribution in [0, 0.1) is 12.8 Å². The Morgan fingerprint density at radius 1 is 1.28 bits per heavy atom. The van der Waals surface area contributed by atoms with Gasteiger partial charge in [0.1, 0.15) is 12.2 Å². The molecule has 4 heteroatoms. The molecule has 0 aliphatic heterocycles. The largest absolute Gasteiger partial charge is 0.378 e. The smallest absolute Gasteiger partial charge is 0.146 e. The normalized spacial score (nSPS) is 10.9. The molecule has 1 aromatic carbocycles. The summed E-state index contributed by atoms with van der Waals surface area (Å²) >= 11 is 0. The van der Waals surface area contributed by atoms with E-state index in [0.29, 0.717) is 12.5 Å². The molecular weight excluding hydrogens is 224 g/mol. The SMILES string of the molecule is Cc1ccccc1NCc1ncnn1CC(C)C. The number of benzene rings is 1. The molecule has 0 amide bonds. The molecule has 0 fully saturated rings. The summed E-state index contributed by atoms with van der Waals surface area (Å²) in [6.07, 6.45) is 1.62. The molecule has 0 unspecified atom stereocenters. The van der Waals surface area contributed by atoms with E-state index in [1.807, 2.05) is 16.8 Å². The van der Waals surface area contributed by atoms with Crippen molar-refractivity contribution in [2.75, 3.05) is 5.32 Å². The van der Waals surface area contributed by atoms with E-state index in [1.165, 1.54) is 5.56 Å². The molecule has 0 aliphatic carbocycles. The highest BCUT2D eigenvalue weighted by molar-refractivity contribution is 5.50. The molecule has 1 aromatic heterocycles. The van der Waals surface area contributed by atoms with E-state index in [9.17, 15) is 0 Å². The Kier molecular flexibility index (Phi) is 3.97. The van der Waals surface area contributed by atoms with Crippen molar-refractivity contribution < 1.29 is 0 Å². The zero-order valence-corrected chi connectivity index (χ0v) is 11.2. The average molecular weight is 244 g/mol. The minimum absolute atomic E-state index is 0.573. The van der Waals surface area contributed by atoms with E-state index >= 15 is 0 Å². The second kappa shape index (κ2) is 5.67. The third kappa shape index (κ3) is 3.09. The van der Waals surface area contributed by atoms with Gasteiger partial charge in [0, 0.05) is 12.2 Å². The van der Waals surface area contributed by atoms with Crippen LogP contribution < -0.4 is 5.32 Å². The van der Waals surface area contributed by atoms with Crippen molar-refractivity contribution in [1.29, 1.82) is 0 Å². The van der Waals surface area contributed by atoms with Gasteiger partial charge in [-0.15, -0.1) is 0 Å². The molecule has 1 heterocycles. The first-order chi connectivity index (χ1) is 8.66. The Bertz CT molecular complexity index is 502. The molecule has 0 saturated heterocycles. The van der Waals surface area contributed by atoms with Crippen molar-refractivity contribution in [3.05, 3.63) is 42.0 Å². The van der Waals surface area contributed by atoms with Crippen LogP contribution in [-0.2, 0) is 13.1 Å².